The molecule has 2 rings (SSSR count). The molecule has 1 aromatic carbocycles. The highest BCUT2D eigenvalue weighted by atomic mass is 16.5. The number of rotatable bonds is 2. The Bertz CT molecular complexity index is 517. The van der Waals surface area contributed by atoms with Crippen LogP contribution in [0.3, 0.4) is 0 Å². The molecule has 0 bridgehead atoms. The first-order valence-corrected chi connectivity index (χ1v) is 5.61. The molecule has 0 N–H and O–H groups in total. The number of ether oxygens (including phenoxy) is 1. The van der Waals surface area contributed by atoms with Crippen LogP contribution < -0.4 is 4.74 Å². The normalized spacial score (nSPS) is 11.1. The van der Waals surface area contributed by atoms with E-state index in [2.05, 4.69) is 24.0 Å². The minimum Gasteiger partial charge on any atom is -0.491 e. The fraction of sp³-hybridized carbons (Fsp3) is 0.357. The standard InChI is InChI=1S/C14H17NO/c1-9(2)16-13-8-7-12-6-5-10(3)15-14(12)11(13)4/h5-9H,1-4H3. The van der Waals surface area contributed by atoms with Crippen LogP contribution in [-0.4, -0.2) is 11.1 Å². The molecule has 0 atom stereocenters. The monoisotopic (exact) mass is 215 g/mol. The van der Waals surface area contributed by atoms with E-state index < -0.39 is 0 Å². The summed E-state index contributed by atoms with van der Waals surface area (Å²) in [4.78, 5) is 4.56. The second-order valence-electron chi connectivity index (χ2n) is 4.38. The third-order valence-electron chi connectivity index (χ3n) is 2.57. The van der Waals surface area contributed by atoms with E-state index >= 15 is 0 Å². The number of aryl methyl sites for hydroxylation is 2. The van der Waals surface area contributed by atoms with Gasteiger partial charge in [-0.05, 0) is 45.9 Å². The highest BCUT2D eigenvalue weighted by Crippen LogP contribution is 2.26. The van der Waals surface area contributed by atoms with Crippen LogP contribution in [-0.2, 0) is 0 Å². The van der Waals surface area contributed by atoms with E-state index in [-0.39, 0.29) is 6.10 Å². The predicted molar refractivity (Wildman–Crippen MR) is 67.0 cm³/mol. The molecule has 0 aliphatic rings. The fourth-order valence-electron chi connectivity index (χ4n) is 1.79. The molecule has 0 amide bonds. The molecule has 2 aromatic rings. The smallest absolute Gasteiger partial charge is 0.124 e. The van der Waals surface area contributed by atoms with Crippen molar-refractivity contribution in [2.45, 2.75) is 33.8 Å². The van der Waals surface area contributed by atoms with Gasteiger partial charge < -0.3 is 4.74 Å². The van der Waals surface area contributed by atoms with Crippen molar-refractivity contribution in [3.63, 3.8) is 0 Å². The number of nitrogens with zero attached hydrogens (tertiary/aromatic N) is 1. The summed E-state index contributed by atoms with van der Waals surface area (Å²) < 4.78 is 5.75. The number of hydrogen-bond donors (Lipinski definition) is 0. The first-order chi connectivity index (χ1) is 7.58. The molecule has 0 unspecified atom stereocenters. The van der Waals surface area contributed by atoms with Crippen LogP contribution in [0.1, 0.15) is 25.1 Å². The average molecular weight is 215 g/mol. The van der Waals surface area contributed by atoms with Crippen LogP contribution in [0.25, 0.3) is 10.9 Å². The van der Waals surface area contributed by atoms with Crippen molar-refractivity contribution in [2.75, 3.05) is 0 Å². The molecule has 84 valence electrons. The van der Waals surface area contributed by atoms with Gasteiger partial charge in [0.1, 0.15) is 5.75 Å². The second kappa shape index (κ2) is 4.12. The third-order valence-corrected chi connectivity index (χ3v) is 2.57. The summed E-state index contributed by atoms with van der Waals surface area (Å²) in [5, 5.41) is 1.17. The quantitative estimate of drug-likeness (QED) is 0.763. The van der Waals surface area contributed by atoms with E-state index in [0.717, 1.165) is 22.5 Å². The Balaban J connectivity index is 2.58. The SMILES string of the molecule is Cc1ccc2ccc(OC(C)C)c(C)c2n1. The van der Waals surface area contributed by atoms with Crippen LogP contribution >= 0.6 is 0 Å². The van der Waals surface area contributed by atoms with Crippen molar-refractivity contribution >= 4 is 10.9 Å². The van der Waals surface area contributed by atoms with Gasteiger partial charge in [-0.2, -0.15) is 0 Å². The molecule has 0 aliphatic carbocycles. The summed E-state index contributed by atoms with van der Waals surface area (Å²) in [6, 6.07) is 8.22. The largest absolute Gasteiger partial charge is 0.491 e. The summed E-state index contributed by atoms with van der Waals surface area (Å²) in [5.41, 5.74) is 3.20. The molecule has 1 aromatic heterocycles. The van der Waals surface area contributed by atoms with Crippen molar-refractivity contribution in [3.05, 3.63) is 35.5 Å². The first-order valence-electron chi connectivity index (χ1n) is 5.61. The van der Waals surface area contributed by atoms with Gasteiger partial charge in [-0.3, -0.25) is 4.98 Å². The summed E-state index contributed by atoms with van der Waals surface area (Å²) in [7, 11) is 0. The summed E-state index contributed by atoms with van der Waals surface area (Å²) in [6.07, 6.45) is 0.195. The van der Waals surface area contributed by atoms with E-state index in [1.54, 1.807) is 0 Å². The van der Waals surface area contributed by atoms with Gasteiger partial charge in [0.05, 0.1) is 11.6 Å². The topological polar surface area (TPSA) is 22.1 Å². The lowest BCUT2D eigenvalue weighted by Gasteiger charge is -2.13. The van der Waals surface area contributed by atoms with Crippen molar-refractivity contribution in [2.24, 2.45) is 0 Å². The van der Waals surface area contributed by atoms with E-state index in [4.69, 9.17) is 4.74 Å². The molecule has 0 aliphatic heterocycles. The highest BCUT2D eigenvalue weighted by Gasteiger charge is 2.07. The van der Waals surface area contributed by atoms with E-state index in [1.165, 1.54) is 5.39 Å². The van der Waals surface area contributed by atoms with Gasteiger partial charge in [-0.25, -0.2) is 0 Å². The van der Waals surface area contributed by atoms with Crippen LogP contribution in [0, 0.1) is 13.8 Å². The maximum absolute atomic E-state index is 5.75. The molecular weight excluding hydrogens is 198 g/mol. The molecule has 0 saturated carbocycles. The molecule has 0 radical (unpaired) electrons. The van der Waals surface area contributed by atoms with Crippen molar-refractivity contribution in [1.29, 1.82) is 0 Å². The van der Waals surface area contributed by atoms with Crippen LogP contribution in [0.5, 0.6) is 5.75 Å². The molecule has 2 nitrogen and oxygen atoms in total. The Morgan fingerprint density at radius 3 is 2.44 bits per heavy atom. The zero-order valence-corrected chi connectivity index (χ0v) is 10.2. The predicted octanol–water partition coefficient (Wildman–Crippen LogP) is 3.64. The molecule has 0 spiro atoms. The summed E-state index contributed by atoms with van der Waals surface area (Å²) >= 11 is 0. The number of aromatic nitrogens is 1. The van der Waals surface area contributed by atoms with Gasteiger partial charge in [0.25, 0.3) is 0 Å². The van der Waals surface area contributed by atoms with Crippen molar-refractivity contribution in [1.82, 2.24) is 4.98 Å². The lowest BCUT2D eigenvalue weighted by molar-refractivity contribution is 0.241. The second-order valence-corrected chi connectivity index (χ2v) is 4.38. The number of fused-ring (bicyclic) bond motifs is 1. The van der Waals surface area contributed by atoms with Crippen LogP contribution in [0.4, 0.5) is 0 Å². The molecule has 16 heavy (non-hydrogen) atoms. The maximum Gasteiger partial charge on any atom is 0.124 e. The Kier molecular flexibility index (Phi) is 2.82. The van der Waals surface area contributed by atoms with Gasteiger partial charge in [0, 0.05) is 16.6 Å². The summed E-state index contributed by atoms with van der Waals surface area (Å²) in [6.45, 7) is 8.14. The van der Waals surface area contributed by atoms with E-state index in [1.807, 2.05) is 32.9 Å². The third kappa shape index (κ3) is 2.01. The Hall–Kier alpha value is -1.57. The Morgan fingerprint density at radius 2 is 1.75 bits per heavy atom. The summed E-state index contributed by atoms with van der Waals surface area (Å²) in [5.74, 6) is 0.931. The minimum absolute atomic E-state index is 0.195. The van der Waals surface area contributed by atoms with E-state index in [9.17, 15) is 0 Å². The highest BCUT2D eigenvalue weighted by molar-refractivity contribution is 5.83. The number of hydrogen-bond acceptors (Lipinski definition) is 2. The zero-order valence-electron chi connectivity index (χ0n) is 10.2. The fourth-order valence-corrected chi connectivity index (χ4v) is 1.79. The molecule has 0 fully saturated rings. The van der Waals surface area contributed by atoms with E-state index in [0.29, 0.717) is 0 Å². The Morgan fingerprint density at radius 1 is 1.06 bits per heavy atom. The maximum atomic E-state index is 5.75. The van der Waals surface area contributed by atoms with Gasteiger partial charge >= 0.3 is 0 Å². The van der Waals surface area contributed by atoms with Gasteiger partial charge in [0.15, 0.2) is 0 Å². The number of pyridine rings is 1. The minimum atomic E-state index is 0.195. The number of benzene rings is 1. The lowest BCUT2D eigenvalue weighted by atomic mass is 10.1. The van der Waals surface area contributed by atoms with Crippen molar-refractivity contribution in [3.8, 4) is 5.75 Å². The van der Waals surface area contributed by atoms with Crippen LogP contribution in [0.15, 0.2) is 24.3 Å². The zero-order chi connectivity index (χ0) is 11.7. The molecule has 2 heteroatoms. The average Bonchev–Trinajstić information content (AvgIpc) is 2.22. The van der Waals surface area contributed by atoms with Gasteiger partial charge in [-0.1, -0.05) is 6.07 Å². The van der Waals surface area contributed by atoms with Gasteiger partial charge in [-0.15, -0.1) is 0 Å². The first kappa shape index (κ1) is 10.9. The van der Waals surface area contributed by atoms with Gasteiger partial charge in [0.2, 0.25) is 0 Å². The van der Waals surface area contributed by atoms with Crippen molar-refractivity contribution < 1.29 is 4.74 Å². The van der Waals surface area contributed by atoms with Crippen LogP contribution in [0.2, 0.25) is 0 Å². The Labute approximate surface area is 96.3 Å². The molecular formula is C14H17NO. The molecule has 1 heterocycles. The molecule has 0 saturated heterocycles. The lowest BCUT2D eigenvalue weighted by Crippen LogP contribution is -2.06.